The molecule has 0 aromatic heterocycles. The van der Waals surface area contributed by atoms with Gasteiger partial charge in [0.05, 0.1) is 12.7 Å². The molecule has 1 atom stereocenters. The second kappa shape index (κ2) is 6.90. The molecule has 1 unspecified atom stereocenters. The SMILES string of the molecule is CC1CN(C(=O)COc2cc(Br)cc(I)c2)CCO1. The third kappa shape index (κ3) is 4.61. The molecule has 6 heteroatoms. The fraction of sp³-hybridized carbons (Fsp3) is 0.462. The van der Waals surface area contributed by atoms with E-state index >= 15 is 0 Å². The van der Waals surface area contributed by atoms with Gasteiger partial charge in [0.1, 0.15) is 5.75 Å². The van der Waals surface area contributed by atoms with Gasteiger partial charge in [0.25, 0.3) is 5.91 Å². The molecule has 0 saturated carbocycles. The minimum Gasteiger partial charge on any atom is -0.484 e. The lowest BCUT2D eigenvalue weighted by Crippen LogP contribution is -2.46. The lowest BCUT2D eigenvalue weighted by molar-refractivity contribution is -0.140. The smallest absolute Gasteiger partial charge is 0.260 e. The van der Waals surface area contributed by atoms with Crippen LogP contribution in [0.5, 0.6) is 5.75 Å². The number of carbonyl (C=O) groups is 1. The van der Waals surface area contributed by atoms with Crippen molar-refractivity contribution in [1.29, 1.82) is 0 Å². The molecule has 1 aromatic carbocycles. The first kappa shape index (κ1) is 15.1. The van der Waals surface area contributed by atoms with Crippen molar-refractivity contribution in [1.82, 2.24) is 4.90 Å². The van der Waals surface area contributed by atoms with Gasteiger partial charge in [-0.15, -0.1) is 0 Å². The maximum atomic E-state index is 12.0. The van der Waals surface area contributed by atoms with Crippen molar-refractivity contribution in [2.24, 2.45) is 0 Å². The van der Waals surface area contributed by atoms with Gasteiger partial charge in [-0.25, -0.2) is 0 Å². The average molecular weight is 440 g/mol. The van der Waals surface area contributed by atoms with E-state index in [0.29, 0.717) is 25.4 Å². The molecule has 1 aromatic rings. The molecule has 1 saturated heterocycles. The molecule has 4 nitrogen and oxygen atoms in total. The van der Waals surface area contributed by atoms with Crippen molar-refractivity contribution in [2.45, 2.75) is 13.0 Å². The molecule has 1 aliphatic rings. The summed E-state index contributed by atoms with van der Waals surface area (Å²) in [4.78, 5) is 13.8. The molecule has 0 spiro atoms. The van der Waals surface area contributed by atoms with Crippen LogP contribution in [0.3, 0.4) is 0 Å². The summed E-state index contributed by atoms with van der Waals surface area (Å²) in [6, 6.07) is 5.75. The summed E-state index contributed by atoms with van der Waals surface area (Å²) in [5.74, 6) is 0.707. The largest absolute Gasteiger partial charge is 0.484 e. The van der Waals surface area contributed by atoms with Gasteiger partial charge in [-0.3, -0.25) is 4.79 Å². The van der Waals surface area contributed by atoms with Crippen LogP contribution in [0.1, 0.15) is 6.92 Å². The molecular weight excluding hydrogens is 425 g/mol. The van der Waals surface area contributed by atoms with E-state index in [4.69, 9.17) is 9.47 Å². The number of amides is 1. The Morgan fingerprint density at radius 3 is 3.05 bits per heavy atom. The summed E-state index contributed by atoms with van der Waals surface area (Å²) in [6.45, 7) is 3.92. The molecule has 1 aliphatic heterocycles. The minimum atomic E-state index is 0.00475. The first-order valence-electron chi connectivity index (χ1n) is 6.03. The number of halogens is 2. The molecule has 0 aliphatic carbocycles. The van der Waals surface area contributed by atoms with Crippen molar-refractivity contribution < 1.29 is 14.3 Å². The highest BCUT2D eigenvalue weighted by atomic mass is 127. The fourth-order valence-electron chi connectivity index (χ4n) is 1.89. The Hall–Kier alpha value is -0.340. The van der Waals surface area contributed by atoms with E-state index in [2.05, 4.69) is 38.5 Å². The Morgan fingerprint density at radius 2 is 2.37 bits per heavy atom. The highest BCUT2D eigenvalue weighted by molar-refractivity contribution is 14.1. The highest BCUT2D eigenvalue weighted by Gasteiger charge is 2.21. The molecular formula is C13H15BrINO3. The zero-order valence-corrected chi connectivity index (χ0v) is 14.3. The van der Waals surface area contributed by atoms with Crippen LogP contribution >= 0.6 is 38.5 Å². The molecule has 1 heterocycles. The maximum Gasteiger partial charge on any atom is 0.260 e. The van der Waals surface area contributed by atoms with E-state index in [9.17, 15) is 4.79 Å². The van der Waals surface area contributed by atoms with Crippen LogP contribution in [0.15, 0.2) is 22.7 Å². The van der Waals surface area contributed by atoms with Crippen LogP contribution in [0, 0.1) is 3.57 Å². The number of rotatable bonds is 3. The highest BCUT2D eigenvalue weighted by Crippen LogP contribution is 2.22. The van der Waals surface area contributed by atoms with E-state index in [0.717, 1.165) is 8.04 Å². The van der Waals surface area contributed by atoms with E-state index in [1.165, 1.54) is 0 Å². The normalized spacial score (nSPS) is 19.3. The number of benzene rings is 1. The molecule has 19 heavy (non-hydrogen) atoms. The Labute approximate surface area is 134 Å². The van der Waals surface area contributed by atoms with Gasteiger partial charge >= 0.3 is 0 Å². The number of carbonyl (C=O) groups excluding carboxylic acids is 1. The zero-order valence-electron chi connectivity index (χ0n) is 10.6. The standard InChI is InChI=1S/C13H15BrINO3/c1-9-7-16(2-3-18-9)13(17)8-19-12-5-10(14)4-11(15)6-12/h4-6,9H,2-3,7-8H2,1H3. The monoisotopic (exact) mass is 439 g/mol. The van der Waals surface area contributed by atoms with Crippen LogP contribution in [0.4, 0.5) is 0 Å². The summed E-state index contributed by atoms with van der Waals surface area (Å²) in [6.07, 6.45) is 0.101. The van der Waals surface area contributed by atoms with Gasteiger partial charge in [-0.1, -0.05) is 15.9 Å². The van der Waals surface area contributed by atoms with E-state index in [-0.39, 0.29) is 18.6 Å². The van der Waals surface area contributed by atoms with Crippen molar-refractivity contribution in [3.05, 3.63) is 26.2 Å². The van der Waals surface area contributed by atoms with Crippen molar-refractivity contribution >= 4 is 44.4 Å². The zero-order chi connectivity index (χ0) is 13.8. The summed E-state index contributed by atoms with van der Waals surface area (Å²) in [7, 11) is 0. The quantitative estimate of drug-likeness (QED) is 0.679. The van der Waals surface area contributed by atoms with Gasteiger partial charge in [0, 0.05) is 21.1 Å². The Balaban J connectivity index is 1.89. The Kier molecular flexibility index (Phi) is 5.47. The average Bonchev–Trinajstić information content (AvgIpc) is 2.35. The molecule has 0 radical (unpaired) electrons. The van der Waals surface area contributed by atoms with Crippen LogP contribution in [0.25, 0.3) is 0 Å². The molecule has 2 rings (SSSR count). The third-order valence-corrected chi connectivity index (χ3v) is 3.87. The number of nitrogens with zero attached hydrogens (tertiary/aromatic N) is 1. The second-order valence-corrected chi connectivity index (χ2v) is 6.58. The molecule has 104 valence electrons. The Morgan fingerprint density at radius 1 is 1.58 bits per heavy atom. The van der Waals surface area contributed by atoms with Gasteiger partial charge in [0.2, 0.25) is 0 Å². The van der Waals surface area contributed by atoms with Crippen molar-refractivity contribution in [2.75, 3.05) is 26.3 Å². The van der Waals surface area contributed by atoms with E-state index < -0.39 is 0 Å². The molecule has 0 N–H and O–H groups in total. The first-order chi connectivity index (χ1) is 9.04. The van der Waals surface area contributed by atoms with Gasteiger partial charge in [-0.2, -0.15) is 0 Å². The lowest BCUT2D eigenvalue weighted by atomic mass is 10.3. The Bertz CT molecular complexity index is 449. The number of hydrogen-bond acceptors (Lipinski definition) is 3. The van der Waals surface area contributed by atoms with E-state index in [1.54, 1.807) is 4.90 Å². The molecule has 0 bridgehead atoms. The first-order valence-corrected chi connectivity index (χ1v) is 7.90. The molecule has 1 amide bonds. The predicted octanol–water partition coefficient (Wildman–Crippen LogP) is 2.68. The second-order valence-electron chi connectivity index (χ2n) is 4.41. The number of hydrogen-bond donors (Lipinski definition) is 0. The number of ether oxygens (including phenoxy) is 2. The van der Waals surface area contributed by atoms with Crippen LogP contribution in [-0.4, -0.2) is 43.2 Å². The van der Waals surface area contributed by atoms with Crippen LogP contribution in [-0.2, 0) is 9.53 Å². The minimum absolute atomic E-state index is 0.00475. The molecule has 1 fully saturated rings. The van der Waals surface area contributed by atoms with E-state index in [1.807, 2.05) is 25.1 Å². The van der Waals surface area contributed by atoms with Gasteiger partial charge in [0.15, 0.2) is 6.61 Å². The summed E-state index contributed by atoms with van der Waals surface area (Å²) >= 11 is 5.62. The van der Waals surface area contributed by atoms with Crippen molar-refractivity contribution in [3.8, 4) is 5.75 Å². The lowest BCUT2D eigenvalue weighted by Gasteiger charge is -2.31. The fourth-order valence-corrected chi connectivity index (χ4v) is 3.44. The van der Waals surface area contributed by atoms with Crippen LogP contribution in [0.2, 0.25) is 0 Å². The van der Waals surface area contributed by atoms with Gasteiger partial charge < -0.3 is 14.4 Å². The number of morpholine rings is 1. The summed E-state index contributed by atoms with van der Waals surface area (Å²) in [5.41, 5.74) is 0. The van der Waals surface area contributed by atoms with Crippen molar-refractivity contribution in [3.63, 3.8) is 0 Å². The predicted molar refractivity (Wildman–Crippen MR) is 84.3 cm³/mol. The van der Waals surface area contributed by atoms with Gasteiger partial charge in [-0.05, 0) is 47.7 Å². The van der Waals surface area contributed by atoms with Crippen LogP contribution < -0.4 is 4.74 Å². The summed E-state index contributed by atoms with van der Waals surface area (Å²) in [5, 5.41) is 0. The third-order valence-electron chi connectivity index (χ3n) is 2.79. The maximum absolute atomic E-state index is 12.0. The summed E-state index contributed by atoms with van der Waals surface area (Å²) < 4.78 is 13.0. The topological polar surface area (TPSA) is 38.8 Å².